The molecule has 0 aromatic heterocycles. The number of aliphatic imine (C=N–C) groups is 1. The van der Waals surface area contributed by atoms with Crippen LogP contribution in [0.2, 0.25) is 0 Å². The maximum absolute atomic E-state index is 12.4. The first kappa shape index (κ1) is 21.7. The molecule has 0 spiro atoms. The fourth-order valence-corrected chi connectivity index (χ4v) is 3.97. The standard InChI is InChI=1S/C28H28N2O2/c1-2-3-5-8-20-11-17-24(18-12-20)26-28(32)30-27(31)25(29-26)19-21-13-15-23(16-14-21)22-9-6-4-7-10-22/h4,6-7,9-18,25H,2-3,5,8,19H2,1H3,(H,30,31,32). The molecule has 3 aromatic carbocycles. The van der Waals surface area contributed by atoms with Gasteiger partial charge in [-0.05, 0) is 35.1 Å². The van der Waals surface area contributed by atoms with Crippen molar-refractivity contribution in [2.45, 2.75) is 45.1 Å². The van der Waals surface area contributed by atoms with E-state index < -0.39 is 11.9 Å². The normalized spacial score (nSPS) is 15.9. The highest BCUT2D eigenvalue weighted by atomic mass is 16.2. The van der Waals surface area contributed by atoms with E-state index >= 15 is 0 Å². The lowest BCUT2D eigenvalue weighted by Crippen LogP contribution is -2.47. The number of benzene rings is 3. The third kappa shape index (κ3) is 5.20. The zero-order valence-corrected chi connectivity index (χ0v) is 18.4. The van der Waals surface area contributed by atoms with Crippen molar-refractivity contribution in [3.05, 3.63) is 95.6 Å². The van der Waals surface area contributed by atoms with Crippen molar-refractivity contribution in [2.24, 2.45) is 4.99 Å². The van der Waals surface area contributed by atoms with Gasteiger partial charge < -0.3 is 0 Å². The van der Waals surface area contributed by atoms with Gasteiger partial charge in [0.25, 0.3) is 11.8 Å². The van der Waals surface area contributed by atoms with Crippen LogP contribution in [0.4, 0.5) is 0 Å². The molecule has 4 nitrogen and oxygen atoms in total. The summed E-state index contributed by atoms with van der Waals surface area (Å²) in [6.07, 6.45) is 5.06. The molecule has 1 atom stereocenters. The number of amides is 2. The van der Waals surface area contributed by atoms with Gasteiger partial charge in [-0.1, -0.05) is 98.6 Å². The molecule has 2 amide bonds. The monoisotopic (exact) mass is 424 g/mol. The Morgan fingerprint density at radius 2 is 1.38 bits per heavy atom. The van der Waals surface area contributed by atoms with Crippen molar-refractivity contribution < 1.29 is 9.59 Å². The predicted octanol–water partition coefficient (Wildman–Crippen LogP) is 5.14. The average molecular weight is 425 g/mol. The lowest BCUT2D eigenvalue weighted by Gasteiger charge is -2.20. The highest BCUT2D eigenvalue weighted by Gasteiger charge is 2.29. The van der Waals surface area contributed by atoms with E-state index in [1.54, 1.807) is 0 Å². The van der Waals surface area contributed by atoms with Crippen LogP contribution in [0.3, 0.4) is 0 Å². The number of nitrogens with one attached hydrogen (secondary N) is 1. The molecule has 0 bridgehead atoms. The third-order valence-corrected chi connectivity index (χ3v) is 5.83. The van der Waals surface area contributed by atoms with Gasteiger partial charge in [0, 0.05) is 12.0 Å². The smallest absolute Gasteiger partial charge is 0.276 e. The highest BCUT2D eigenvalue weighted by molar-refractivity contribution is 6.48. The number of hydrogen-bond donors (Lipinski definition) is 1. The summed E-state index contributed by atoms with van der Waals surface area (Å²) in [4.78, 5) is 29.4. The van der Waals surface area contributed by atoms with Gasteiger partial charge in [0.05, 0.1) is 0 Å². The minimum Gasteiger partial charge on any atom is -0.289 e. The van der Waals surface area contributed by atoms with Crippen molar-refractivity contribution in [3.63, 3.8) is 0 Å². The van der Waals surface area contributed by atoms with Crippen molar-refractivity contribution in [2.75, 3.05) is 0 Å². The topological polar surface area (TPSA) is 58.5 Å². The number of unbranched alkanes of at least 4 members (excludes halogenated alkanes) is 2. The number of hydrogen-bond acceptors (Lipinski definition) is 3. The van der Waals surface area contributed by atoms with Crippen molar-refractivity contribution >= 4 is 17.5 Å². The van der Waals surface area contributed by atoms with Gasteiger partial charge in [0.1, 0.15) is 11.8 Å². The molecular formula is C28H28N2O2. The Labute approximate surface area is 189 Å². The summed E-state index contributed by atoms with van der Waals surface area (Å²) in [6.45, 7) is 2.19. The Hall–Kier alpha value is -3.53. The number of carbonyl (C=O) groups is 2. The van der Waals surface area contributed by atoms with Crippen LogP contribution in [0.5, 0.6) is 0 Å². The highest BCUT2D eigenvalue weighted by Crippen LogP contribution is 2.21. The van der Waals surface area contributed by atoms with E-state index in [0.29, 0.717) is 12.1 Å². The Bertz CT molecular complexity index is 1100. The molecular weight excluding hydrogens is 396 g/mol. The number of rotatable bonds is 8. The first-order chi connectivity index (χ1) is 15.6. The van der Waals surface area contributed by atoms with Crippen LogP contribution in [0.1, 0.15) is 42.9 Å². The molecule has 0 radical (unpaired) electrons. The van der Waals surface area contributed by atoms with Gasteiger partial charge in [-0.25, -0.2) is 0 Å². The van der Waals surface area contributed by atoms with Crippen molar-refractivity contribution in [3.8, 4) is 11.1 Å². The van der Waals surface area contributed by atoms with Crippen LogP contribution in [-0.2, 0) is 22.4 Å². The van der Waals surface area contributed by atoms with Gasteiger partial charge in [-0.3, -0.25) is 19.9 Å². The van der Waals surface area contributed by atoms with Crippen LogP contribution in [0.15, 0.2) is 83.9 Å². The van der Waals surface area contributed by atoms with Gasteiger partial charge in [0.2, 0.25) is 0 Å². The molecule has 4 heteroatoms. The molecule has 1 unspecified atom stereocenters. The largest absolute Gasteiger partial charge is 0.289 e. The number of nitrogens with zero attached hydrogens (tertiary/aromatic N) is 1. The first-order valence-electron chi connectivity index (χ1n) is 11.3. The number of carbonyl (C=O) groups excluding carboxylic acids is 2. The lowest BCUT2D eigenvalue weighted by atomic mass is 9.98. The summed E-state index contributed by atoms with van der Waals surface area (Å²) < 4.78 is 0. The van der Waals surface area contributed by atoms with E-state index in [1.807, 2.05) is 42.5 Å². The second-order valence-electron chi connectivity index (χ2n) is 8.23. The molecule has 1 N–H and O–H groups in total. The molecule has 1 heterocycles. The Morgan fingerprint density at radius 1 is 0.750 bits per heavy atom. The Kier molecular flexibility index (Phi) is 6.90. The zero-order valence-electron chi connectivity index (χ0n) is 18.4. The molecule has 3 aromatic rings. The average Bonchev–Trinajstić information content (AvgIpc) is 2.83. The molecule has 4 rings (SSSR count). The summed E-state index contributed by atoms with van der Waals surface area (Å²) >= 11 is 0. The summed E-state index contributed by atoms with van der Waals surface area (Å²) in [7, 11) is 0. The van der Waals surface area contributed by atoms with Gasteiger partial charge >= 0.3 is 0 Å². The molecule has 0 aliphatic carbocycles. The van der Waals surface area contributed by atoms with Crippen LogP contribution < -0.4 is 5.32 Å². The molecule has 32 heavy (non-hydrogen) atoms. The molecule has 0 saturated heterocycles. The summed E-state index contributed by atoms with van der Waals surface area (Å²) in [6, 6.07) is 25.7. The van der Waals surface area contributed by atoms with Gasteiger partial charge in [0.15, 0.2) is 0 Å². The van der Waals surface area contributed by atoms with Crippen LogP contribution in [-0.4, -0.2) is 23.6 Å². The summed E-state index contributed by atoms with van der Waals surface area (Å²) in [5, 5.41) is 2.48. The van der Waals surface area contributed by atoms with Crippen LogP contribution >= 0.6 is 0 Å². The van der Waals surface area contributed by atoms with Crippen molar-refractivity contribution in [1.29, 1.82) is 0 Å². The zero-order chi connectivity index (χ0) is 22.3. The third-order valence-electron chi connectivity index (χ3n) is 5.83. The number of imide groups is 1. The second-order valence-corrected chi connectivity index (χ2v) is 8.23. The second kappa shape index (κ2) is 10.2. The molecule has 1 aliphatic heterocycles. The van der Waals surface area contributed by atoms with Gasteiger partial charge in [-0.15, -0.1) is 0 Å². The summed E-state index contributed by atoms with van der Waals surface area (Å²) in [5.41, 5.74) is 5.62. The van der Waals surface area contributed by atoms with Crippen LogP contribution in [0.25, 0.3) is 11.1 Å². The lowest BCUT2D eigenvalue weighted by molar-refractivity contribution is -0.128. The van der Waals surface area contributed by atoms with E-state index in [4.69, 9.17) is 0 Å². The van der Waals surface area contributed by atoms with Crippen LogP contribution in [0, 0.1) is 0 Å². The van der Waals surface area contributed by atoms with E-state index in [9.17, 15) is 9.59 Å². The molecule has 1 aliphatic rings. The first-order valence-corrected chi connectivity index (χ1v) is 11.3. The Morgan fingerprint density at radius 3 is 2.06 bits per heavy atom. The van der Waals surface area contributed by atoms with Gasteiger partial charge in [-0.2, -0.15) is 0 Å². The minimum atomic E-state index is -0.616. The maximum atomic E-state index is 12.4. The molecule has 0 fully saturated rings. The summed E-state index contributed by atoms with van der Waals surface area (Å²) in [5.74, 6) is -0.772. The maximum Gasteiger partial charge on any atom is 0.276 e. The van der Waals surface area contributed by atoms with Crippen molar-refractivity contribution in [1.82, 2.24) is 5.32 Å². The predicted molar refractivity (Wildman–Crippen MR) is 129 cm³/mol. The number of aryl methyl sites for hydroxylation is 1. The fraction of sp³-hybridized carbons (Fsp3) is 0.250. The van der Waals surface area contributed by atoms with E-state index in [2.05, 4.69) is 53.6 Å². The van der Waals surface area contributed by atoms with E-state index in [1.165, 1.54) is 18.4 Å². The quantitative estimate of drug-likeness (QED) is 0.402. The molecule has 162 valence electrons. The molecule has 0 saturated carbocycles. The fourth-order valence-electron chi connectivity index (χ4n) is 3.97. The van der Waals surface area contributed by atoms with E-state index in [0.717, 1.165) is 35.1 Å². The minimum absolute atomic E-state index is 0.329. The van der Waals surface area contributed by atoms with E-state index in [-0.39, 0.29) is 5.91 Å². The Balaban J connectivity index is 1.49. The SMILES string of the molecule is CCCCCc1ccc(C2=NC(Cc3ccc(-c4ccccc4)cc3)C(=O)NC2=O)cc1.